The lowest BCUT2D eigenvalue weighted by molar-refractivity contribution is 0.102. The molecule has 0 atom stereocenters. The van der Waals surface area contributed by atoms with Crippen LogP contribution >= 0.6 is 15.9 Å². The Morgan fingerprint density at radius 3 is 2.45 bits per heavy atom. The molecule has 1 saturated heterocycles. The number of ketones is 1. The average Bonchev–Trinajstić information content (AvgIpc) is 2.52. The van der Waals surface area contributed by atoms with Crippen molar-refractivity contribution in [1.82, 2.24) is 0 Å². The largest absolute Gasteiger partial charge is 0.495 e. The van der Waals surface area contributed by atoms with Crippen LogP contribution in [0.4, 0.5) is 5.69 Å². The molecule has 0 spiro atoms. The monoisotopic (exact) mass is 369 g/mol. The summed E-state index contributed by atoms with van der Waals surface area (Å²) < 4.78 is 11.0. The van der Waals surface area contributed by atoms with Gasteiger partial charge in [-0.25, -0.2) is 0 Å². The number of nitrogens with zero attached hydrogens (tertiary/aromatic N) is 1. The molecule has 0 aliphatic carbocycles. The normalized spacial score (nSPS) is 15.8. The molecule has 122 valence electrons. The number of Topliss-reactive ketones (excluding diaryl/α,β-unsaturated/α-hetero) is 1. The van der Waals surface area contributed by atoms with Crippen LogP contribution in [-0.4, -0.2) is 44.5 Å². The molecular formula is C17H24BrNO3. The molecule has 1 aromatic rings. The van der Waals surface area contributed by atoms with Crippen LogP contribution in [0.5, 0.6) is 5.75 Å². The summed E-state index contributed by atoms with van der Waals surface area (Å²) in [5, 5.41) is 0.324. The first kappa shape index (κ1) is 17.3. The predicted molar refractivity (Wildman–Crippen MR) is 92.9 cm³/mol. The second kappa shape index (κ2) is 7.01. The molecule has 0 bridgehead atoms. The van der Waals surface area contributed by atoms with E-state index in [2.05, 4.69) is 41.6 Å². The number of ether oxygens (including phenoxy) is 2. The van der Waals surface area contributed by atoms with E-state index in [0.717, 1.165) is 35.7 Å². The zero-order chi connectivity index (χ0) is 16.3. The molecular weight excluding hydrogens is 346 g/mol. The van der Waals surface area contributed by atoms with Crippen LogP contribution in [0.25, 0.3) is 0 Å². The van der Waals surface area contributed by atoms with Crippen molar-refractivity contribution in [2.75, 3.05) is 43.6 Å². The Kier molecular flexibility index (Phi) is 5.50. The molecule has 4 nitrogen and oxygen atoms in total. The average molecular weight is 370 g/mol. The van der Waals surface area contributed by atoms with Crippen LogP contribution in [0.1, 0.15) is 36.7 Å². The molecule has 22 heavy (non-hydrogen) atoms. The minimum atomic E-state index is -0.121. The Labute approximate surface area is 140 Å². The Bertz CT molecular complexity index is 546. The van der Waals surface area contributed by atoms with Crippen LogP contribution < -0.4 is 9.64 Å². The predicted octanol–water partition coefficient (Wildman–Crippen LogP) is 3.41. The van der Waals surface area contributed by atoms with Gasteiger partial charge in [-0.05, 0) is 23.1 Å². The fourth-order valence-electron chi connectivity index (χ4n) is 2.71. The Balaban J connectivity index is 2.56. The number of anilines is 1. The SMILES string of the molecule is COc1cc(C(C)(C)C)c(C(=O)CBr)cc1N1CCOCC1. The molecule has 5 heteroatoms. The second-order valence-electron chi connectivity index (χ2n) is 6.48. The van der Waals surface area contributed by atoms with Crippen molar-refractivity contribution in [3.63, 3.8) is 0 Å². The van der Waals surface area contributed by atoms with Crippen molar-refractivity contribution < 1.29 is 14.3 Å². The highest BCUT2D eigenvalue weighted by molar-refractivity contribution is 9.09. The van der Waals surface area contributed by atoms with Crippen molar-refractivity contribution in [2.45, 2.75) is 26.2 Å². The molecule has 0 saturated carbocycles. The van der Waals surface area contributed by atoms with Crippen molar-refractivity contribution in [3.05, 3.63) is 23.3 Å². The molecule has 1 fully saturated rings. The van der Waals surface area contributed by atoms with Gasteiger partial charge in [0.2, 0.25) is 0 Å². The molecule has 0 radical (unpaired) electrons. The molecule has 1 aromatic carbocycles. The minimum Gasteiger partial charge on any atom is -0.495 e. The third-order valence-electron chi connectivity index (χ3n) is 3.90. The van der Waals surface area contributed by atoms with Gasteiger partial charge in [-0.1, -0.05) is 36.7 Å². The van der Waals surface area contributed by atoms with Gasteiger partial charge in [-0.15, -0.1) is 0 Å². The fourth-order valence-corrected chi connectivity index (χ4v) is 3.01. The quantitative estimate of drug-likeness (QED) is 0.602. The number of hydrogen-bond donors (Lipinski definition) is 0. The lowest BCUT2D eigenvalue weighted by atomic mass is 9.82. The van der Waals surface area contributed by atoms with E-state index in [0.29, 0.717) is 18.5 Å². The number of rotatable bonds is 4. The Morgan fingerprint density at radius 2 is 1.95 bits per heavy atom. The van der Waals surface area contributed by atoms with E-state index in [1.54, 1.807) is 7.11 Å². The van der Waals surface area contributed by atoms with Gasteiger partial charge >= 0.3 is 0 Å². The standard InChI is InChI=1S/C17H24BrNO3/c1-17(2,3)13-10-16(21-4)14(9-12(13)15(20)11-18)19-5-7-22-8-6-19/h9-10H,5-8,11H2,1-4H3. The smallest absolute Gasteiger partial charge is 0.173 e. The molecule has 1 heterocycles. The number of methoxy groups -OCH3 is 1. The maximum absolute atomic E-state index is 12.4. The molecule has 0 unspecified atom stereocenters. The lowest BCUT2D eigenvalue weighted by Crippen LogP contribution is -2.36. The highest BCUT2D eigenvalue weighted by atomic mass is 79.9. The summed E-state index contributed by atoms with van der Waals surface area (Å²) in [4.78, 5) is 14.6. The first-order valence-corrected chi connectivity index (χ1v) is 8.65. The molecule has 0 aromatic heterocycles. The summed E-state index contributed by atoms with van der Waals surface area (Å²) in [6.45, 7) is 9.36. The highest BCUT2D eigenvalue weighted by Crippen LogP contribution is 2.37. The fraction of sp³-hybridized carbons (Fsp3) is 0.588. The number of hydrogen-bond acceptors (Lipinski definition) is 4. The van der Waals surface area contributed by atoms with Gasteiger partial charge in [0.15, 0.2) is 5.78 Å². The van der Waals surface area contributed by atoms with E-state index in [1.165, 1.54) is 0 Å². The van der Waals surface area contributed by atoms with Crippen molar-refractivity contribution in [3.8, 4) is 5.75 Å². The third-order valence-corrected chi connectivity index (χ3v) is 4.41. The summed E-state index contributed by atoms with van der Waals surface area (Å²) in [7, 11) is 1.68. The van der Waals surface area contributed by atoms with Gasteiger partial charge in [-0.3, -0.25) is 4.79 Å². The first-order valence-electron chi connectivity index (χ1n) is 7.53. The molecule has 1 aliphatic rings. The van der Waals surface area contributed by atoms with Crippen LogP contribution in [0.3, 0.4) is 0 Å². The second-order valence-corrected chi connectivity index (χ2v) is 7.04. The number of halogens is 1. The van der Waals surface area contributed by atoms with Crippen LogP contribution in [0.2, 0.25) is 0 Å². The Morgan fingerprint density at radius 1 is 1.32 bits per heavy atom. The summed E-state index contributed by atoms with van der Waals surface area (Å²) in [6.07, 6.45) is 0. The van der Waals surface area contributed by atoms with Gasteiger partial charge in [0.1, 0.15) is 5.75 Å². The van der Waals surface area contributed by atoms with E-state index in [4.69, 9.17) is 9.47 Å². The molecule has 1 aliphatic heterocycles. The molecule has 0 amide bonds. The number of carbonyl (C=O) groups excluding carboxylic acids is 1. The number of morpholine rings is 1. The third kappa shape index (κ3) is 3.63. The van der Waals surface area contributed by atoms with Crippen molar-refractivity contribution in [2.24, 2.45) is 0 Å². The van der Waals surface area contributed by atoms with E-state index < -0.39 is 0 Å². The summed E-state index contributed by atoms with van der Waals surface area (Å²) in [6, 6.07) is 4.00. The number of carbonyl (C=O) groups is 1. The van der Waals surface area contributed by atoms with Crippen LogP contribution in [0, 0.1) is 0 Å². The highest BCUT2D eigenvalue weighted by Gasteiger charge is 2.26. The number of benzene rings is 1. The Hall–Kier alpha value is -1.07. The van der Waals surface area contributed by atoms with Gasteiger partial charge in [0.25, 0.3) is 0 Å². The summed E-state index contributed by atoms with van der Waals surface area (Å²) in [5.41, 5.74) is 2.64. The van der Waals surface area contributed by atoms with E-state index in [-0.39, 0.29) is 11.2 Å². The van der Waals surface area contributed by atoms with E-state index in [1.807, 2.05) is 12.1 Å². The van der Waals surface area contributed by atoms with E-state index >= 15 is 0 Å². The summed E-state index contributed by atoms with van der Waals surface area (Å²) >= 11 is 3.29. The van der Waals surface area contributed by atoms with Gasteiger partial charge < -0.3 is 14.4 Å². The lowest BCUT2D eigenvalue weighted by Gasteiger charge is -2.32. The maximum atomic E-state index is 12.4. The molecule has 2 rings (SSSR count). The van der Waals surface area contributed by atoms with Crippen LogP contribution in [-0.2, 0) is 10.2 Å². The zero-order valence-corrected chi connectivity index (χ0v) is 15.3. The van der Waals surface area contributed by atoms with E-state index in [9.17, 15) is 4.79 Å². The maximum Gasteiger partial charge on any atom is 0.173 e. The molecule has 0 N–H and O–H groups in total. The van der Waals surface area contributed by atoms with Crippen LogP contribution in [0.15, 0.2) is 12.1 Å². The van der Waals surface area contributed by atoms with Gasteiger partial charge in [0, 0.05) is 18.7 Å². The van der Waals surface area contributed by atoms with Crippen molar-refractivity contribution in [1.29, 1.82) is 0 Å². The topological polar surface area (TPSA) is 38.8 Å². The van der Waals surface area contributed by atoms with Gasteiger partial charge in [-0.2, -0.15) is 0 Å². The van der Waals surface area contributed by atoms with Crippen molar-refractivity contribution >= 4 is 27.4 Å². The minimum absolute atomic E-state index is 0.0992. The zero-order valence-electron chi connectivity index (χ0n) is 13.7. The first-order chi connectivity index (χ1) is 10.4. The van der Waals surface area contributed by atoms with Gasteiger partial charge in [0.05, 0.1) is 31.3 Å². The number of alkyl halides is 1. The summed E-state index contributed by atoms with van der Waals surface area (Å²) in [5.74, 6) is 0.917.